The molecule has 0 saturated carbocycles. The van der Waals surface area contributed by atoms with Gasteiger partial charge in [0.15, 0.2) is 0 Å². The molecule has 4 rings (SSSR count). The lowest BCUT2D eigenvalue weighted by Gasteiger charge is -2.27. The normalized spacial score (nSPS) is 15.9. The van der Waals surface area contributed by atoms with Gasteiger partial charge in [0.2, 0.25) is 10.0 Å². The highest BCUT2D eigenvalue weighted by Gasteiger charge is 2.37. The molecule has 5 nitrogen and oxygen atoms in total. The number of sulfonamides is 1. The number of hydrogen-bond acceptors (Lipinski definition) is 3. The number of aryl methyl sites for hydroxylation is 3. The summed E-state index contributed by atoms with van der Waals surface area (Å²) in [7, 11) is -3.73. The molecule has 1 amide bonds. The molecule has 6 heteroatoms. The van der Waals surface area contributed by atoms with Crippen LogP contribution in [-0.2, 0) is 16.4 Å². The van der Waals surface area contributed by atoms with Crippen LogP contribution in [0.15, 0.2) is 60.7 Å². The van der Waals surface area contributed by atoms with Gasteiger partial charge >= 0.3 is 0 Å². The van der Waals surface area contributed by atoms with Gasteiger partial charge in [-0.25, -0.2) is 12.7 Å². The highest BCUT2D eigenvalue weighted by atomic mass is 32.2. The molecule has 0 fully saturated rings. The molecule has 29 heavy (non-hydrogen) atoms. The van der Waals surface area contributed by atoms with Gasteiger partial charge in [-0.2, -0.15) is 0 Å². The average Bonchev–Trinajstić information content (AvgIpc) is 3.24. The quantitative estimate of drug-likeness (QED) is 0.651. The number of fused-ring (bicyclic) bond motifs is 1. The van der Waals surface area contributed by atoms with Crippen LogP contribution in [0, 0.1) is 13.8 Å². The molecular formula is C23H24N2O3S. The Morgan fingerprint density at radius 3 is 2.21 bits per heavy atom. The second-order valence-corrected chi connectivity index (χ2v) is 9.48. The summed E-state index contributed by atoms with van der Waals surface area (Å²) in [6.45, 7) is 4.05. The van der Waals surface area contributed by atoms with E-state index in [0.717, 1.165) is 45.2 Å². The predicted octanol–water partition coefficient (Wildman–Crippen LogP) is 4.18. The topological polar surface area (TPSA) is 59.4 Å². The van der Waals surface area contributed by atoms with Crippen molar-refractivity contribution >= 4 is 15.9 Å². The van der Waals surface area contributed by atoms with E-state index in [2.05, 4.69) is 4.57 Å². The molecule has 0 radical (unpaired) electrons. The fraction of sp³-hybridized carbons (Fsp3) is 0.261. The van der Waals surface area contributed by atoms with Crippen LogP contribution in [0.1, 0.15) is 45.3 Å². The maximum absolute atomic E-state index is 13.3. The standard InChI is InChI=1S/C23H24N2O3S/c1-16-8-9-17(2)24(16)20-13-10-19(11-14-20)23(26)25(29(3,27)28)22-15-12-18-6-4-5-7-21(18)22/h4-11,13-14,22H,12,15H2,1-3H3. The van der Waals surface area contributed by atoms with Crippen molar-refractivity contribution in [2.24, 2.45) is 0 Å². The van der Waals surface area contributed by atoms with Crippen LogP contribution >= 0.6 is 0 Å². The maximum Gasteiger partial charge on any atom is 0.267 e. The van der Waals surface area contributed by atoms with Crippen LogP contribution < -0.4 is 0 Å². The Kier molecular flexibility index (Phi) is 4.82. The lowest BCUT2D eigenvalue weighted by Crippen LogP contribution is -2.38. The van der Waals surface area contributed by atoms with Gasteiger partial charge < -0.3 is 4.57 Å². The van der Waals surface area contributed by atoms with E-state index in [1.807, 2.05) is 62.4 Å². The van der Waals surface area contributed by atoms with Crippen LogP contribution in [0.2, 0.25) is 0 Å². The van der Waals surface area contributed by atoms with E-state index < -0.39 is 22.0 Å². The van der Waals surface area contributed by atoms with Gasteiger partial charge in [-0.3, -0.25) is 4.79 Å². The molecule has 1 unspecified atom stereocenters. The van der Waals surface area contributed by atoms with Gasteiger partial charge in [-0.15, -0.1) is 0 Å². The Morgan fingerprint density at radius 2 is 1.59 bits per heavy atom. The Labute approximate surface area is 171 Å². The first-order valence-corrected chi connectivity index (χ1v) is 11.5. The summed E-state index contributed by atoms with van der Waals surface area (Å²) in [6, 6.07) is 18.5. The van der Waals surface area contributed by atoms with E-state index >= 15 is 0 Å². The Morgan fingerprint density at radius 1 is 0.966 bits per heavy atom. The van der Waals surface area contributed by atoms with Crippen LogP contribution in [-0.4, -0.2) is 29.5 Å². The Hall–Kier alpha value is -2.86. The molecule has 1 aliphatic rings. The molecule has 0 saturated heterocycles. The highest BCUT2D eigenvalue weighted by molar-refractivity contribution is 7.88. The number of benzene rings is 2. The van der Waals surface area contributed by atoms with Crippen molar-refractivity contribution in [3.8, 4) is 5.69 Å². The number of nitrogens with zero attached hydrogens (tertiary/aromatic N) is 2. The summed E-state index contributed by atoms with van der Waals surface area (Å²) in [5, 5.41) is 0. The van der Waals surface area contributed by atoms with E-state index in [-0.39, 0.29) is 0 Å². The van der Waals surface area contributed by atoms with Crippen LogP contribution in [0.4, 0.5) is 0 Å². The summed E-state index contributed by atoms with van der Waals surface area (Å²) in [4.78, 5) is 13.3. The number of hydrogen-bond donors (Lipinski definition) is 0. The number of rotatable bonds is 4. The summed E-state index contributed by atoms with van der Waals surface area (Å²) in [6.07, 6.45) is 2.48. The minimum atomic E-state index is -3.73. The molecule has 0 N–H and O–H groups in total. The molecular weight excluding hydrogens is 384 g/mol. The summed E-state index contributed by atoms with van der Waals surface area (Å²) in [5.74, 6) is -0.485. The molecule has 3 aromatic rings. The molecule has 150 valence electrons. The number of carbonyl (C=O) groups is 1. The molecule has 0 aliphatic heterocycles. The second kappa shape index (κ2) is 7.19. The lowest BCUT2D eigenvalue weighted by atomic mass is 10.1. The Bertz CT molecular complexity index is 1160. The van der Waals surface area contributed by atoms with Gasteiger partial charge in [-0.1, -0.05) is 24.3 Å². The number of amides is 1. The zero-order chi connectivity index (χ0) is 20.8. The van der Waals surface area contributed by atoms with Gasteiger partial charge in [0, 0.05) is 22.6 Å². The summed E-state index contributed by atoms with van der Waals surface area (Å²) in [5.41, 5.74) is 5.53. The molecule has 1 aliphatic carbocycles. The molecule has 0 bridgehead atoms. The summed E-state index contributed by atoms with van der Waals surface area (Å²) >= 11 is 0. The fourth-order valence-corrected chi connectivity index (χ4v) is 5.35. The molecule has 0 spiro atoms. The minimum Gasteiger partial charge on any atom is -0.319 e. The monoisotopic (exact) mass is 408 g/mol. The average molecular weight is 409 g/mol. The van der Waals surface area contributed by atoms with Crippen molar-refractivity contribution in [1.29, 1.82) is 0 Å². The van der Waals surface area contributed by atoms with E-state index in [9.17, 15) is 13.2 Å². The third kappa shape index (κ3) is 3.49. The van der Waals surface area contributed by atoms with E-state index in [4.69, 9.17) is 0 Å². The first-order valence-electron chi connectivity index (χ1n) is 9.64. The third-order valence-corrected chi connectivity index (χ3v) is 6.72. The molecule has 2 aromatic carbocycles. The Balaban J connectivity index is 1.70. The molecule has 1 atom stereocenters. The zero-order valence-electron chi connectivity index (χ0n) is 16.8. The largest absolute Gasteiger partial charge is 0.319 e. The minimum absolute atomic E-state index is 0.367. The molecule has 1 heterocycles. The second-order valence-electron chi connectivity index (χ2n) is 7.62. The number of carbonyl (C=O) groups excluding carboxylic acids is 1. The van der Waals surface area contributed by atoms with Crippen molar-refractivity contribution < 1.29 is 13.2 Å². The van der Waals surface area contributed by atoms with Gasteiger partial charge in [0.25, 0.3) is 5.91 Å². The van der Waals surface area contributed by atoms with E-state index in [1.54, 1.807) is 12.1 Å². The first kappa shape index (κ1) is 19.5. The predicted molar refractivity (Wildman–Crippen MR) is 114 cm³/mol. The SMILES string of the molecule is Cc1ccc(C)n1-c1ccc(C(=O)N(C2CCc3ccccc32)S(C)(=O)=O)cc1. The van der Waals surface area contributed by atoms with Crippen molar-refractivity contribution in [3.05, 3.63) is 88.7 Å². The van der Waals surface area contributed by atoms with Crippen molar-refractivity contribution in [2.75, 3.05) is 6.26 Å². The van der Waals surface area contributed by atoms with Crippen molar-refractivity contribution in [1.82, 2.24) is 8.87 Å². The smallest absolute Gasteiger partial charge is 0.267 e. The van der Waals surface area contributed by atoms with E-state index in [1.165, 1.54) is 0 Å². The first-order chi connectivity index (χ1) is 13.8. The van der Waals surface area contributed by atoms with Crippen LogP contribution in [0.25, 0.3) is 5.69 Å². The maximum atomic E-state index is 13.3. The van der Waals surface area contributed by atoms with Gasteiger partial charge in [0.1, 0.15) is 0 Å². The van der Waals surface area contributed by atoms with E-state index in [0.29, 0.717) is 12.0 Å². The fourth-order valence-electron chi connectivity index (χ4n) is 4.26. The zero-order valence-corrected chi connectivity index (χ0v) is 17.6. The van der Waals surface area contributed by atoms with Crippen LogP contribution in [0.5, 0.6) is 0 Å². The van der Waals surface area contributed by atoms with Gasteiger partial charge in [0.05, 0.1) is 12.3 Å². The highest BCUT2D eigenvalue weighted by Crippen LogP contribution is 2.37. The lowest BCUT2D eigenvalue weighted by molar-refractivity contribution is 0.0821. The van der Waals surface area contributed by atoms with Crippen LogP contribution in [0.3, 0.4) is 0 Å². The van der Waals surface area contributed by atoms with Crippen molar-refractivity contribution in [3.63, 3.8) is 0 Å². The third-order valence-electron chi connectivity index (χ3n) is 5.59. The molecule has 1 aromatic heterocycles. The number of aromatic nitrogens is 1. The van der Waals surface area contributed by atoms with Crippen molar-refractivity contribution in [2.45, 2.75) is 32.7 Å². The summed E-state index contributed by atoms with van der Waals surface area (Å²) < 4.78 is 28.3. The van der Waals surface area contributed by atoms with Gasteiger partial charge in [-0.05, 0) is 74.2 Å².